The average Bonchev–Trinajstić information content (AvgIpc) is 3.31. The number of thiazole rings is 1. The molecule has 34 heavy (non-hydrogen) atoms. The van der Waals surface area contributed by atoms with Crippen molar-refractivity contribution >= 4 is 32.6 Å². The van der Waals surface area contributed by atoms with Crippen LogP contribution in [0.1, 0.15) is 23.8 Å². The van der Waals surface area contributed by atoms with Crippen molar-refractivity contribution < 1.29 is 23.7 Å². The molecule has 1 aliphatic heterocycles. The molecule has 0 N–H and O–H groups in total. The Bertz CT molecular complexity index is 1100. The van der Waals surface area contributed by atoms with Crippen molar-refractivity contribution in [1.82, 2.24) is 19.9 Å². The fraction of sp³-hybridized carbons (Fsp3) is 0.478. The fourth-order valence-electron chi connectivity index (χ4n) is 3.71. The van der Waals surface area contributed by atoms with E-state index in [2.05, 4.69) is 14.9 Å². The van der Waals surface area contributed by atoms with Gasteiger partial charge in [0.2, 0.25) is 5.88 Å². The molecule has 2 aromatic heterocycles. The van der Waals surface area contributed by atoms with E-state index in [0.29, 0.717) is 24.0 Å². The second kappa shape index (κ2) is 11.4. The predicted octanol–water partition coefficient (Wildman–Crippen LogP) is 2.87. The zero-order chi connectivity index (χ0) is 23.9. The number of anilines is 1. The minimum Gasteiger partial charge on any atom is -0.492 e. The molecule has 0 radical (unpaired) electrons. The van der Waals surface area contributed by atoms with E-state index in [1.54, 1.807) is 4.90 Å². The average molecular weight is 488 g/mol. The number of methoxy groups -OCH3 is 2. The monoisotopic (exact) mass is 487 g/mol. The van der Waals surface area contributed by atoms with Gasteiger partial charge < -0.3 is 18.9 Å². The third-order valence-electron chi connectivity index (χ3n) is 5.40. The molecular formula is C23H29N5O5S. The van der Waals surface area contributed by atoms with E-state index in [4.69, 9.17) is 23.9 Å². The Morgan fingerprint density at radius 2 is 2.00 bits per heavy atom. The number of nitrogens with zero attached hydrogens (tertiary/aromatic N) is 5. The first-order valence-electron chi connectivity index (χ1n) is 11.2. The number of benzene rings is 1. The maximum absolute atomic E-state index is 13.7. The largest absolute Gasteiger partial charge is 0.492 e. The van der Waals surface area contributed by atoms with Gasteiger partial charge in [-0.05, 0) is 25.5 Å². The highest BCUT2D eigenvalue weighted by atomic mass is 32.1. The summed E-state index contributed by atoms with van der Waals surface area (Å²) in [5.74, 6) is 0.665. The van der Waals surface area contributed by atoms with Crippen molar-refractivity contribution in [2.45, 2.75) is 13.3 Å². The molecule has 1 saturated heterocycles. The topological polar surface area (TPSA) is 99.1 Å². The van der Waals surface area contributed by atoms with E-state index in [9.17, 15) is 4.79 Å². The number of hydrogen-bond acceptors (Lipinski definition) is 10. The number of ether oxygens (including phenoxy) is 4. The van der Waals surface area contributed by atoms with Crippen LogP contribution in [-0.2, 0) is 4.74 Å². The summed E-state index contributed by atoms with van der Waals surface area (Å²) < 4.78 is 22.5. The van der Waals surface area contributed by atoms with Crippen molar-refractivity contribution in [3.63, 3.8) is 0 Å². The minimum absolute atomic E-state index is 0.0684. The highest BCUT2D eigenvalue weighted by Crippen LogP contribution is 2.35. The molecule has 1 aliphatic rings. The van der Waals surface area contributed by atoms with Crippen molar-refractivity contribution in [3.05, 3.63) is 30.0 Å². The van der Waals surface area contributed by atoms with Gasteiger partial charge in [-0.2, -0.15) is 9.97 Å². The summed E-state index contributed by atoms with van der Waals surface area (Å²) in [6.45, 7) is 7.08. The summed E-state index contributed by atoms with van der Waals surface area (Å²) in [4.78, 5) is 30.8. The molecule has 0 saturated carbocycles. The Morgan fingerprint density at radius 3 is 2.74 bits per heavy atom. The summed E-state index contributed by atoms with van der Waals surface area (Å²) in [7, 11) is 2.94. The number of carbonyl (C=O) groups excluding carboxylic acids is 1. The molecule has 10 nitrogen and oxygen atoms in total. The number of rotatable bonds is 10. The summed E-state index contributed by atoms with van der Waals surface area (Å²) in [6, 6.07) is 7.38. The van der Waals surface area contributed by atoms with Crippen LogP contribution in [0.4, 0.5) is 5.13 Å². The number of morpholine rings is 1. The van der Waals surface area contributed by atoms with Crippen LogP contribution in [0.15, 0.2) is 24.3 Å². The fourth-order valence-corrected chi connectivity index (χ4v) is 4.72. The van der Waals surface area contributed by atoms with E-state index in [-0.39, 0.29) is 23.5 Å². The van der Waals surface area contributed by atoms with Crippen LogP contribution >= 0.6 is 11.3 Å². The molecule has 1 fully saturated rings. The molecule has 1 amide bonds. The third kappa shape index (κ3) is 5.54. The van der Waals surface area contributed by atoms with Gasteiger partial charge in [-0.1, -0.05) is 17.4 Å². The van der Waals surface area contributed by atoms with E-state index < -0.39 is 0 Å². The highest BCUT2D eigenvalue weighted by molar-refractivity contribution is 7.22. The molecule has 3 heterocycles. The van der Waals surface area contributed by atoms with Gasteiger partial charge in [0, 0.05) is 32.2 Å². The molecule has 0 aliphatic carbocycles. The normalized spacial score (nSPS) is 14.2. The third-order valence-corrected chi connectivity index (χ3v) is 6.44. The Morgan fingerprint density at radius 1 is 1.18 bits per heavy atom. The first kappa shape index (κ1) is 24.1. The minimum atomic E-state index is -0.294. The van der Waals surface area contributed by atoms with Gasteiger partial charge in [0.05, 0.1) is 38.7 Å². The number of carbonyl (C=O) groups is 1. The van der Waals surface area contributed by atoms with Crippen LogP contribution in [0, 0.1) is 0 Å². The summed E-state index contributed by atoms with van der Waals surface area (Å²) >= 11 is 1.45. The number of para-hydroxylation sites is 1. The molecule has 3 aromatic rings. The lowest BCUT2D eigenvalue weighted by atomic mass is 10.3. The predicted molar refractivity (Wildman–Crippen MR) is 129 cm³/mol. The Labute approximate surface area is 202 Å². The molecular weight excluding hydrogens is 458 g/mol. The smallest absolute Gasteiger partial charge is 0.320 e. The second-order valence-corrected chi connectivity index (χ2v) is 8.59. The van der Waals surface area contributed by atoms with Crippen molar-refractivity contribution in [3.8, 4) is 17.6 Å². The maximum Gasteiger partial charge on any atom is 0.320 e. The maximum atomic E-state index is 13.7. The lowest BCUT2D eigenvalue weighted by Crippen LogP contribution is -2.39. The number of aromatic nitrogens is 3. The quantitative estimate of drug-likeness (QED) is 0.427. The van der Waals surface area contributed by atoms with Gasteiger partial charge in [-0.15, -0.1) is 0 Å². The lowest BCUT2D eigenvalue weighted by molar-refractivity contribution is 0.0376. The second-order valence-electron chi connectivity index (χ2n) is 7.58. The zero-order valence-corrected chi connectivity index (χ0v) is 20.5. The molecule has 1 aromatic carbocycles. The summed E-state index contributed by atoms with van der Waals surface area (Å²) in [5, 5.41) is 0.589. The van der Waals surface area contributed by atoms with E-state index in [1.165, 1.54) is 31.6 Å². The lowest BCUT2D eigenvalue weighted by Gasteiger charge is -2.27. The molecule has 11 heteroatoms. The van der Waals surface area contributed by atoms with Crippen LogP contribution in [0.2, 0.25) is 0 Å². The molecule has 0 unspecified atom stereocenters. The van der Waals surface area contributed by atoms with Crippen molar-refractivity contribution in [1.29, 1.82) is 0 Å². The highest BCUT2D eigenvalue weighted by Gasteiger charge is 2.25. The van der Waals surface area contributed by atoms with Crippen LogP contribution in [-0.4, -0.2) is 86.0 Å². The van der Waals surface area contributed by atoms with Gasteiger partial charge in [0.1, 0.15) is 17.0 Å². The standard InChI is InChI=1S/C23H29N5O5S/c1-4-33-17-7-5-8-18-20(17)26-23(34-18)28(10-6-9-27-11-13-32-14-12-27)21(29)16-15-19(30-2)25-22(24-16)31-3/h5,7-8,15H,4,6,9-14H2,1-3H3. The zero-order valence-electron chi connectivity index (χ0n) is 19.7. The van der Waals surface area contributed by atoms with Crippen LogP contribution < -0.4 is 19.1 Å². The van der Waals surface area contributed by atoms with Gasteiger partial charge in [0.25, 0.3) is 5.91 Å². The van der Waals surface area contributed by atoms with Crippen LogP contribution in [0.3, 0.4) is 0 Å². The van der Waals surface area contributed by atoms with Gasteiger partial charge >= 0.3 is 6.01 Å². The Kier molecular flexibility index (Phi) is 8.09. The van der Waals surface area contributed by atoms with Gasteiger partial charge in [0.15, 0.2) is 5.13 Å². The van der Waals surface area contributed by atoms with Gasteiger partial charge in [-0.3, -0.25) is 14.6 Å². The molecule has 0 spiro atoms. The molecule has 182 valence electrons. The van der Waals surface area contributed by atoms with Crippen LogP contribution in [0.25, 0.3) is 10.2 Å². The van der Waals surface area contributed by atoms with E-state index in [0.717, 1.165) is 49.5 Å². The first-order valence-corrected chi connectivity index (χ1v) is 12.1. The molecule has 4 rings (SSSR count). The summed E-state index contributed by atoms with van der Waals surface area (Å²) in [5.41, 5.74) is 0.924. The van der Waals surface area contributed by atoms with Crippen molar-refractivity contribution in [2.75, 3.05) is 65.1 Å². The number of hydrogen-bond donors (Lipinski definition) is 0. The van der Waals surface area contributed by atoms with E-state index in [1.807, 2.05) is 25.1 Å². The Balaban J connectivity index is 1.64. The number of fused-ring (bicyclic) bond motifs is 1. The van der Waals surface area contributed by atoms with Crippen molar-refractivity contribution in [2.24, 2.45) is 0 Å². The SMILES string of the molecule is CCOc1cccc2sc(N(CCCN3CCOCC3)C(=O)c3cc(OC)nc(OC)n3)nc12. The Hall–Kier alpha value is -3.02. The van der Waals surface area contributed by atoms with E-state index >= 15 is 0 Å². The van der Waals surface area contributed by atoms with Crippen LogP contribution in [0.5, 0.6) is 17.6 Å². The first-order chi connectivity index (χ1) is 16.6. The van der Waals surface area contributed by atoms with Gasteiger partial charge in [-0.25, -0.2) is 4.98 Å². The summed E-state index contributed by atoms with van der Waals surface area (Å²) in [6.07, 6.45) is 0.777. The number of amides is 1. The molecule has 0 bridgehead atoms. The molecule has 0 atom stereocenters.